The molecule has 2 rings (SSSR count). The van der Waals surface area contributed by atoms with Gasteiger partial charge >= 0.3 is 0 Å². The molecule has 66 valence electrons. The molecule has 0 saturated heterocycles. The quantitative estimate of drug-likeness (QED) is 0.696. The molecule has 1 fully saturated rings. The van der Waals surface area contributed by atoms with Crippen LogP contribution in [0.5, 0.6) is 0 Å². The molecule has 0 aliphatic heterocycles. The predicted octanol–water partition coefficient (Wildman–Crippen LogP) is 0.704. The lowest BCUT2D eigenvalue weighted by Crippen LogP contribution is -2.21. The molecule has 0 spiro atoms. The molecule has 12 heavy (non-hydrogen) atoms. The molecule has 0 bridgehead atoms. The normalized spacial score (nSPS) is 33.7. The molecule has 0 radical (unpaired) electrons. The SMILES string of the molecule is NCC1(CO)CC1c1ccco1. The second-order valence-electron chi connectivity index (χ2n) is 3.50. The topological polar surface area (TPSA) is 59.4 Å². The third kappa shape index (κ3) is 0.974. The first-order chi connectivity index (χ1) is 5.82. The van der Waals surface area contributed by atoms with Crippen LogP contribution in [-0.4, -0.2) is 18.3 Å². The zero-order chi connectivity index (χ0) is 8.60. The highest BCUT2D eigenvalue weighted by Gasteiger charge is 2.54. The summed E-state index contributed by atoms with van der Waals surface area (Å²) in [6, 6.07) is 3.81. The van der Waals surface area contributed by atoms with Crippen LogP contribution in [0.3, 0.4) is 0 Å². The van der Waals surface area contributed by atoms with Crippen molar-refractivity contribution in [3.8, 4) is 0 Å². The zero-order valence-electron chi connectivity index (χ0n) is 6.86. The van der Waals surface area contributed by atoms with Crippen molar-refractivity contribution in [3.63, 3.8) is 0 Å². The van der Waals surface area contributed by atoms with Gasteiger partial charge in [0.2, 0.25) is 0 Å². The van der Waals surface area contributed by atoms with Crippen molar-refractivity contribution in [1.82, 2.24) is 0 Å². The Bertz CT molecular complexity index is 252. The van der Waals surface area contributed by atoms with E-state index in [0.717, 1.165) is 12.2 Å². The summed E-state index contributed by atoms with van der Waals surface area (Å²) in [5.74, 6) is 1.29. The summed E-state index contributed by atoms with van der Waals surface area (Å²) in [5.41, 5.74) is 5.49. The second-order valence-corrected chi connectivity index (χ2v) is 3.50. The van der Waals surface area contributed by atoms with Crippen molar-refractivity contribution < 1.29 is 9.52 Å². The van der Waals surface area contributed by atoms with Crippen LogP contribution in [-0.2, 0) is 0 Å². The molecule has 3 nitrogen and oxygen atoms in total. The van der Waals surface area contributed by atoms with Crippen molar-refractivity contribution >= 4 is 0 Å². The van der Waals surface area contributed by atoms with Crippen molar-refractivity contribution in [3.05, 3.63) is 24.2 Å². The maximum Gasteiger partial charge on any atom is 0.107 e. The number of furan rings is 1. The van der Waals surface area contributed by atoms with E-state index >= 15 is 0 Å². The smallest absolute Gasteiger partial charge is 0.107 e. The molecule has 2 atom stereocenters. The maximum absolute atomic E-state index is 9.10. The number of hydrogen-bond acceptors (Lipinski definition) is 3. The molecule has 0 aromatic carbocycles. The fourth-order valence-electron chi connectivity index (χ4n) is 1.70. The van der Waals surface area contributed by atoms with E-state index in [0.29, 0.717) is 12.5 Å². The average molecular weight is 167 g/mol. The van der Waals surface area contributed by atoms with Crippen molar-refractivity contribution in [2.24, 2.45) is 11.1 Å². The Balaban J connectivity index is 2.12. The first-order valence-electron chi connectivity index (χ1n) is 4.17. The van der Waals surface area contributed by atoms with E-state index in [1.807, 2.05) is 12.1 Å². The zero-order valence-corrected chi connectivity index (χ0v) is 6.86. The van der Waals surface area contributed by atoms with Crippen molar-refractivity contribution in [2.75, 3.05) is 13.2 Å². The highest BCUT2D eigenvalue weighted by molar-refractivity contribution is 5.22. The third-order valence-electron chi connectivity index (χ3n) is 2.80. The lowest BCUT2D eigenvalue weighted by Gasteiger charge is -2.08. The largest absolute Gasteiger partial charge is 0.469 e. The van der Waals surface area contributed by atoms with Gasteiger partial charge in [0.15, 0.2) is 0 Å². The van der Waals surface area contributed by atoms with Gasteiger partial charge in [-0.1, -0.05) is 0 Å². The summed E-state index contributed by atoms with van der Waals surface area (Å²) >= 11 is 0. The molecule has 1 aromatic rings. The van der Waals surface area contributed by atoms with Gasteiger partial charge in [-0.3, -0.25) is 0 Å². The lowest BCUT2D eigenvalue weighted by molar-refractivity contribution is 0.208. The highest BCUT2D eigenvalue weighted by Crippen LogP contribution is 2.58. The molecule has 1 aliphatic rings. The van der Waals surface area contributed by atoms with Gasteiger partial charge in [0.05, 0.1) is 12.9 Å². The van der Waals surface area contributed by atoms with Crippen LogP contribution in [0.25, 0.3) is 0 Å². The number of aliphatic hydroxyl groups is 1. The molecule has 1 aliphatic carbocycles. The van der Waals surface area contributed by atoms with Crippen LogP contribution >= 0.6 is 0 Å². The summed E-state index contributed by atoms with van der Waals surface area (Å²) in [4.78, 5) is 0. The Morgan fingerprint density at radius 2 is 2.58 bits per heavy atom. The summed E-state index contributed by atoms with van der Waals surface area (Å²) in [6.45, 7) is 0.698. The minimum Gasteiger partial charge on any atom is -0.469 e. The second kappa shape index (κ2) is 2.61. The highest BCUT2D eigenvalue weighted by atomic mass is 16.3. The summed E-state index contributed by atoms with van der Waals surface area (Å²) in [6.07, 6.45) is 2.61. The molecule has 3 N–H and O–H groups in total. The van der Waals surface area contributed by atoms with Crippen LogP contribution < -0.4 is 5.73 Å². The number of aliphatic hydroxyl groups excluding tert-OH is 1. The first kappa shape index (κ1) is 7.83. The van der Waals surface area contributed by atoms with Crippen molar-refractivity contribution in [2.45, 2.75) is 12.3 Å². The fourth-order valence-corrected chi connectivity index (χ4v) is 1.70. The molecular weight excluding hydrogens is 154 g/mol. The Kier molecular flexibility index (Phi) is 1.70. The minimum atomic E-state index is -0.0855. The average Bonchev–Trinajstić information content (AvgIpc) is 2.59. The lowest BCUT2D eigenvalue weighted by atomic mass is 10.0. The van der Waals surface area contributed by atoms with Gasteiger partial charge < -0.3 is 15.3 Å². The molecule has 1 aromatic heterocycles. The molecule has 1 heterocycles. The van der Waals surface area contributed by atoms with E-state index in [-0.39, 0.29) is 12.0 Å². The fraction of sp³-hybridized carbons (Fsp3) is 0.556. The van der Waals surface area contributed by atoms with E-state index in [1.54, 1.807) is 6.26 Å². The van der Waals surface area contributed by atoms with Gasteiger partial charge in [0, 0.05) is 17.9 Å². The molecule has 1 saturated carbocycles. The van der Waals surface area contributed by atoms with Gasteiger partial charge in [-0.2, -0.15) is 0 Å². The molecule has 2 unspecified atom stereocenters. The molecule has 0 amide bonds. The van der Waals surface area contributed by atoms with E-state index in [4.69, 9.17) is 15.3 Å². The Morgan fingerprint density at radius 1 is 1.75 bits per heavy atom. The summed E-state index contributed by atoms with van der Waals surface area (Å²) in [5, 5.41) is 9.10. The van der Waals surface area contributed by atoms with Crippen LogP contribution in [0.4, 0.5) is 0 Å². The number of rotatable bonds is 3. The van der Waals surface area contributed by atoms with Crippen LogP contribution in [0, 0.1) is 5.41 Å². The van der Waals surface area contributed by atoms with Gasteiger partial charge in [0.1, 0.15) is 5.76 Å². The molecular formula is C9H13NO2. The Labute approximate surface area is 71.2 Å². The summed E-state index contributed by atoms with van der Waals surface area (Å²) in [7, 11) is 0. The standard InChI is InChI=1S/C9H13NO2/c10-5-9(6-11)4-7(9)8-2-1-3-12-8/h1-3,7,11H,4-6,10H2. The summed E-state index contributed by atoms with van der Waals surface area (Å²) < 4.78 is 5.25. The van der Waals surface area contributed by atoms with Gasteiger partial charge in [-0.05, 0) is 18.6 Å². The Hall–Kier alpha value is -0.800. The van der Waals surface area contributed by atoms with Gasteiger partial charge in [-0.25, -0.2) is 0 Å². The number of hydrogen-bond donors (Lipinski definition) is 2. The van der Waals surface area contributed by atoms with Gasteiger partial charge in [-0.15, -0.1) is 0 Å². The van der Waals surface area contributed by atoms with Crippen LogP contribution in [0.15, 0.2) is 22.8 Å². The molecule has 3 heteroatoms. The van der Waals surface area contributed by atoms with Crippen molar-refractivity contribution in [1.29, 1.82) is 0 Å². The Morgan fingerprint density at radius 3 is 3.00 bits per heavy atom. The van der Waals surface area contributed by atoms with E-state index in [1.165, 1.54) is 0 Å². The number of nitrogens with two attached hydrogens (primary N) is 1. The van der Waals surface area contributed by atoms with Crippen LogP contribution in [0.2, 0.25) is 0 Å². The van der Waals surface area contributed by atoms with Crippen LogP contribution in [0.1, 0.15) is 18.1 Å². The predicted molar refractivity (Wildman–Crippen MR) is 44.6 cm³/mol. The third-order valence-corrected chi connectivity index (χ3v) is 2.80. The first-order valence-corrected chi connectivity index (χ1v) is 4.17. The monoisotopic (exact) mass is 167 g/mol. The minimum absolute atomic E-state index is 0.0855. The van der Waals surface area contributed by atoms with Gasteiger partial charge in [0.25, 0.3) is 0 Å². The van der Waals surface area contributed by atoms with E-state index < -0.39 is 0 Å². The maximum atomic E-state index is 9.10. The van der Waals surface area contributed by atoms with E-state index in [2.05, 4.69) is 0 Å². The van der Waals surface area contributed by atoms with E-state index in [9.17, 15) is 0 Å².